The van der Waals surface area contributed by atoms with Gasteiger partial charge in [-0.2, -0.15) is 0 Å². The fourth-order valence-electron chi connectivity index (χ4n) is 5.79. The summed E-state index contributed by atoms with van der Waals surface area (Å²) in [7, 11) is 5.51. The highest BCUT2D eigenvalue weighted by Gasteiger charge is 2.31. The van der Waals surface area contributed by atoms with Crippen molar-refractivity contribution in [2.24, 2.45) is 0 Å². The van der Waals surface area contributed by atoms with Crippen molar-refractivity contribution in [3.05, 3.63) is 48.6 Å². The van der Waals surface area contributed by atoms with E-state index in [1.165, 1.54) is 57.8 Å². The Hall–Kier alpha value is -2.71. The van der Waals surface area contributed by atoms with Gasteiger partial charge in [0.05, 0.1) is 34.4 Å². The minimum Gasteiger partial charge on any atom is -0.477 e. The van der Waals surface area contributed by atoms with E-state index >= 15 is 0 Å². The molecular weight excluding hydrogens is 654 g/mol. The second kappa shape index (κ2) is 35.3. The van der Waals surface area contributed by atoms with Crippen LogP contribution in [0.1, 0.15) is 162 Å². The number of esters is 2. The molecule has 2 unspecified atom stereocenters. The Morgan fingerprint density at radius 1 is 0.596 bits per heavy atom. The van der Waals surface area contributed by atoms with Gasteiger partial charge < -0.3 is 23.8 Å². The zero-order valence-corrected chi connectivity index (χ0v) is 34.0. The predicted octanol–water partition coefficient (Wildman–Crippen LogP) is 10.9. The zero-order valence-electron chi connectivity index (χ0n) is 34.0. The van der Waals surface area contributed by atoms with Gasteiger partial charge in [-0.25, -0.2) is 4.79 Å². The van der Waals surface area contributed by atoms with Crippen LogP contribution in [-0.2, 0) is 28.6 Å². The predicted molar refractivity (Wildman–Crippen MR) is 215 cm³/mol. The zero-order chi connectivity index (χ0) is 38.5. The van der Waals surface area contributed by atoms with Gasteiger partial charge in [-0.15, -0.1) is 0 Å². The summed E-state index contributed by atoms with van der Waals surface area (Å²) in [4.78, 5) is 36.8. The van der Waals surface area contributed by atoms with Gasteiger partial charge in [-0.05, 0) is 51.4 Å². The summed E-state index contributed by atoms with van der Waals surface area (Å²) in [5, 5.41) is 9.58. The molecular formula is C44H78NO7+. The number of hydrogen-bond acceptors (Lipinski definition) is 6. The van der Waals surface area contributed by atoms with Crippen LogP contribution in [0.5, 0.6) is 0 Å². The number of ether oxygens (including phenoxy) is 3. The Balaban J connectivity index is 4.27. The van der Waals surface area contributed by atoms with Gasteiger partial charge >= 0.3 is 17.9 Å². The smallest absolute Gasteiger partial charge is 0.362 e. The fraction of sp³-hybridized carbons (Fsp3) is 0.750. The van der Waals surface area contributed by atoms with Crippen molar-refractivity contribution >= 4 is 17.9 Å². The quantitative estimate of drug-likeness (QED) is 0.0296. The summed E-state index contributed by atoms with van der Waals surface area (Å²) in [5.74, 6) is -1.49. The molecule has 0 aromatic carbocycles. The molecule has 0 spiro atoms. The van der Waals surface area contributed by atoms with E-state index in [9.17, 15) is 19.5 Å². The topological polar surface area (TPSA) is 99.1 Å². The molecule has 0 saturated carbocycles. The lowest BCUT2D eigenvalue weighted by Gasteiger charge is -2.31. The van der Waals surface area contributed by atoms with Gasteiger partial charge in [0.25, 0.3) is 0 Å². The van der Waals surface area contributed by atoms with Crippen molar-refractivity contribution < 1.29 is 38.2 Å². The minimum absolute atomic E-state index is 0.0566. The minimum atomic E-state index is -0.879. The molecule has 0 amide bonds. The number of quaternary nitrogens is 1. The monoisotopic (exact) mass is 733 g/mol. The van der Waals surface area contributed by atoms with Crippen molar-refractivity contribution in [2.45, 2.75) is 174 Å². The number of carboxylic acids is 1. The number of carboxylic acid groups (broad SMARTS) is 1. The molecule has 1 N–H and O–H groups in total. The van der Waals surface area contributed by atoms with Gasteiger partial charge in [-0.1, -0.05) is 140 Å². The maximum atomic E-state index is 12.6. The van der Waals surface area contributed by atoms with Crippen molar-refractivity contribution in [1.29, 1.82) is 0 Å². The normalized spacial score (nSPS) is 13.5. The average molecular weight is 733 g/mol. The number of allylic oxidation sites excluding steroid dienone is 8. The highest BCUT2D eigenvalue weighted by Crippen LogP contribution is 2.13. The summed E-state index contributed by atoms with van der Waals surface area (Å²) in [5.41, 5.74) is 0. The Morgan fingerprint density at radius 2 is 1.08 bits per heavy atom. The largest absolute Gasteiger partial charge is 0.477 e. The SMILES string of the molecule is CC/C=C/C/C=C/C/C=C/C/C=C/CCCCCCCCCC(=O)OCC(COCCC(C(=O)O)[N+](C)(C)C)OC(=O)CCCCCCCCCC. The first-order valence-corrected chi connectivity index (χ1v) is 20.7. The highest BCUT2D eigenvalue weighted by molar-refractivity contribution is 5.72. The van der Waals surface area contributed by atoms with Gasteiger partial charge in [-0.3, -0.25) is 9.59 Å². The summed E-state index contributed by atoms with van der Waals surface area (Å²) in [6.45, 7) is 4.57. The third-order valence-corrected chi connectivity index (χ3v) is 8.99. The lowest BCUT2D eigenvalue weighted by molar-refractivity contribution is -0.887. The molecule has 8 nitrogen and oxygen atoms in total. The Bertz CT molecular complexity index is 995. The highest BCUT2D eigenvalue weighted by atomic mass is 16.6. The van der Waals surface area contributed by atoms with Gasteiger partial charge in [0.2, 0.25) is 0 Å². The molecule has 0 radical (unpaired) electrons. The van der Waals surface area contributed by atoms with Crippen LogP contribution >= 0.6 is 0 Å². The van der Waals surface area contributed by atoms with Gasteiger partial charge in [0.15, 0.2) is 12.1 Å². The number of unbranched alkanes of at least 4 members (excludes halogenated alkanes) is 14. The molecule has 0 aromatic heterocycles. The lowest BCUT2D eigenvalue weighted by Crippen LogP contribution is -2.50. The molecule has 0 heterocycles. The van der Waals surface area contributed by atoms with Crippen LogP contribution in [0, 0.1) is 0 Å². The van der Waals surface area contributed by atoms with Crippen LogP contribution in [0.2, 0.25) is 0 Å². The van der Waals surface area contributed by atoms with Crippen molar-refractivity contribution in [3.63, 3.8) is 0 Å². The van der Waals surface area contributed by atoms with E-state index < -0.39 is 18.1 Å². The average Bonchev–Trinajstić information content (AvgIpc) is 3.09. The van der Waals surface area contributed by atoms with E-state index in [1.807, 2.05) is 21.1 Å². The van der Waals surface area contributed by atoms with Crippen LogP contribution in [0.3, 0.4) is 0 Å². The molecule has 0 aliphatic carbocycles. The van der Waals surface area contributed by atoms with E-state index in [2.05, 4.69) is 62.5 Å². The number of likely N-dealkylation sites (N-methyl/N-ethyl adjacent to an activating group) is 1. The van der Waals surface area contributed by atoms with Crippen molar-refractivity contribution in [1.82, 2.24) is 0 Å². The molecule has 52 heavy (non-hydrogen) atoms. The second-order valence-electron chi connectivity index (χ2n) is 14.9. The number of rotatable bonds is 36. The standard InChI is InChI=1S/C44H77NO7/c1-6-8-10-12-14-16-17-18-19-20-21-22-23-24-25-26-27-29-30-32-34-42(46)51-39-40(38-50-37-36-41(44(48)49)45(3,4)5)52-43(47)35-33-31-28-15-13-11-9-7-2/h8,10,14,16,18-19,21-22,40-41H,6-7,9,11-13,15,17,20,23-39H2,1-5H3/p+1/b10-8+,16-14+,19-18+,22-21+. The molecule has 0 saturated heterocycles. The summed E-state index contributed by atoms with van der Waals surface area (Å²) in [6.07, 6.45) is 40.2. The van der Waals surface area contributed by atoms with Crippen LogP contribution < -0.4 is 0 Å². The summed E-state index contributed by atoms with van der Waals surface area (Å²) in [6, 6.07) is -0.614. The van der Waals surface area contributed by atoms with Crippen molar-refractivity contribution in [2.75, 3.05) is 41.0 Å². The van der Waals surface area contributed by atoms with Crippen LogP contribution in [-0.4, -0.2) is 80.6 Å². The Labute approximate surface area is 318 Å². The molecule has 2 atom stereocenters. The van der Waals surface area contributed by atoms with E-state index in [1.54, 1.807) is 0 Å². The first kappa shape index (κ1) is 49.3. The maximum Gasteiger partial charge on any atom is 0.362 e. The second-order valence-corrected chi connectivity index (χ2v) is 14.9. The number of aliphatic carboxylic acids is 1. The molecule has 0 aliphatic rings. The third kappa shape index (κ3) is 33.1. The van der Waals surface area contributed by atoms with E-state index in [4.69, 9.17) is 14.2 Å². The van der Waals surface area contributed by atoms with Crippen LogP contribution in [0.15, 0.2) is 48.6 Å². The molecule has 300 valence electrons. The van der Waals surface area contributed by atoms with Gasteiger partial charge in [0, 0.05) is 19.3 Å². The van der Waals surface area contributed by atoms with Crippen LogP contribution in [0.4, 0.5) is 0 Å². The number of nitrogens with zero attached hydrogens (tertiary/aromatic N) is 1. The molecule has 0 bridgehead atoms. The fourth-order valence-corrected chi connectivity index (χ4v) is 5.79. The van der Waals surface area contributed by atoms with E-state index in [0.29, 0.717) is 19.3 Å². The Kier molecular flexibility index (Phi) is 33.5. The number of carbonyl (C=O) groups is 3. The van der Waals surface area contributed by atoms with Crippen molar-refractivity contribution in [3.8, 4) is 0 Å². The molecule has 0 aromatic rings. The summed E-state index contributed by atoms with van der Waals surface area (Å²) >= 11 is 0. The number of carbonyl (C=O) groups excluding carboxylic acids is 2. The molecule has 0 aliphatic heterocycles. The van der Waals surface area contributed by atoms with E-state index in [-0.39, 0.29) is 36.2 Å². The maximum absolute atomic E-state index is 12.6. The third-order valence-electron chi connectivity index (χ3n) is 8.99. The first-order valence-electron chi connectivity index (χ1n) is 20.7. The molecule has 0 rings (SSSR count). The van der Waals surface area contributed by atoms with Crippen LogP contribution in [0.25, 0.3) is 0 Å². The Morgan fingerprint density at radius 3 is 1.60 bits per heavy atom. The summed E-state index contributed by atoms with van der Waals surface area (Å²) < 4.78 is 17.2. The lowest BCUT2D eigenvalue weighted by atomic mass is 10.1. The molecule has 0 fully saturated rings. The first-order chi connectivity index (χ1) is 25.1. The number of hydrogen-bond donors (Lipinski definition) is 1. The molecule has 8 heteroatoms. The van der Waals surface area contributed by atoms with E-state index in [0.717, 1.165) is 70.6 Å². The van der Waals surface area contributed by atoms with Gasteiger partial charge in [0.1, 0.15) is 6.61 Å².